The normalized spacial score (nSPS) is 10.2. The van der Waals surface area contributed by atoms with E-state index in [2.05, 4.69) is 57.2 Å². The van der Waals surface area contributed by atoms with E-state index in [1.54, 1.807) is 0 Å². The van der Waals surface area contributed by atoms with Gasteiger partial charge in [-0.15, -0.1) is 0 Å². The minimum atomic E-state index is 0.922. The van der Waals surface area contributed by atoms with Crippen LogP contribution in [0.25, 0.3) is 0 Å². The van der Waals surface area contributed by atoms with E-state index in [4.69, 9.17) is 0 Å². The number of hydrogen-bond acceptors (Lipinski definition) is 0. The van der Waals surface area contributed by atoms with Gasteiger partial charge in [-0.05, 0) is 5.56 Å². The number of aromatic nitrogens is 1. The summed E-state index contributed by atoms with van der Waals surface area (Å²) in [7, 11) is 0. The van der Waals surface area contributed by atoms with Gasteiger partial charge in [0.1, 0.15) is 0 Å². The number of nitrogens with zero attached hydrogens (tertiary/aromatic N) is 1. The summed E-state index contributed by atoms with van der Waals surface area (Å²) in [6.07, 6.45) is 4.16. The van der Waals surface area contributed by atoms with Crippen LogP contribution in [0.4, 0.5) is 0 Å². The molecule has 2 heteroatoms. The van der Waals surface area contributed by atoms with Gasteiger partial charge >= 0.3 is 0 Å². The molecule has 0 fully saturated rings. The third kappa shape index (κ3) is 2.90. The van der Waals surface area contributed by atoms with Crippen LogP contribution in [0.1, 0.15) is 11.1 Å². The number of rotatable bonds is 3. The van der Waals surface area contributed by atoms with Crippen LogP contribution in [0.15, 0.2) is 54.9 Å². The molecule has 0 radical (unpaired) electrons. The van der Waals surface area contributed by atoms with Crippen molar-refractivity contribution in [3.05, 3.63) is 66.0 Å². The third-order valence-corrected chi connectivity index (χ3v) is 2.97. The summed E-state index contributed by atoms with van der Waals surface area (Å²) < 4.78 is 2.17. The maximum absolute atomic E-state index is 3.44. The van der Waals surface area contributed by atoms with Crippen LogP contribution in [0, 0.1) is 0 Å². The maximum atomic E-state index is 3.44. The Bertz CT molecular complexity index is 408. The zero-order valence-electron chi connectivity index (χ0n) is 8.44. The van der Waals surface area contributed by atoms with E-state index in [0.717, 1.165) is 11.9 Å². The quantitative estimate of drug-likeness (QED) is 0.592. The summed E-state index contributed by atoms with van der Waals surface area (Å²) in [5.41, 5.74) is 2.65. The van der Waals surface area contributed by atoms with E-state index in [1.807, 2.05) is 18.2 Å². The lowest BCUT2D eigenvalue weighted by Gasteiger charge is -1.99. The fourth-order valence-electron chi connectivity index (χ4n) is 1.48. The first-order chi connectivity index (χ1) is 7.38. The molecular weight excluding hydrogens is 250 g/mol. The molecule has 1 heterocycles. The van der Waals surface area contributed by atoms with Gasteiger partial charge in [-0.25, -0.2) is 4.57 Å². The Kier molecular flexibility index (Phi) is 3.51. The first-order valence-corrected chi connectivity index (χ1v) is 6.08. The fraction of sp³-hybridized carbons (Fsp3) is 0.154. The van der Waals surface area contributed by atoms with E-state index in [1.165, 1.54) is 11.1 Å². The Labute approximate surface area is 98.5 Å². The predicted octanol–water partition coefficient (Wildman–Crippen LogP) is 2.92. The summed E-state index contributed by atoms with van der Waals surface area (Å²) in [4.78, 5) is 0. The van der Waals surface area contributed by atoms with Gasteiger partial charge < -0.3 is 0 Å². The molecule has 1 nitrogen and oxygen atoms in total. The second-order valence-electron chi connectivity index (χ2n) is 3.50. The van der Waals surface area contributed by atoms with Gasteiger partial charge in [0.15, 0.2) is 18.9 Å². The van der Waals surface area contributed by atoms with Crippen molar-refractivity contribution in [2.45, 2.75) is 11.9 Å². The topological polar surface area (TPSA) is 3.88 Å². The van der Waals surface area contributed by atoms with Crippen molar-refractivity contribution in [1.82, 2.24) is 0 Å². The first-order valence-electron chi connectivity index (χ1n) is 4.96. The molecule has 76 valence electrons. The highest BCUT2D eigenvalue weighted by molar-refractivity contribution is 9.08. The Morgan fingerprint density at radius 3 is 2.07 bits per heavy atom. The summed E-state index contributed by atoms with van der Waals surface area (Å²) >= 11 is 3.44. The standard InChI is InChI=1S/C13H13BrN/c14-10-12-4-6-13(7-5-12)11-15-8-2-1-3-9-15/h1-9H,10-11H2/q+1. The SMILES string of the molecule is BrCc1ccc(C[n+]2ccccc2)cc1. The van der Waals surface area contributed by atoms with Crippen LogP contribution < -0.4 is 4.57 Å². The number of alkyl halides is 1. The zero-order valence-corrected chi connectivity index (χ0v) is 10.0. The number of hydrogen-bond donors (Lipinski definition) is 0. The molecule has 0 saturated heterocycles. The molecule has 2 rings (SSSR count). The van der Waals surface area contributed by atoms with Gasteiger partial charge in [-0.1, -0.05) is 46.3 Å². The number of benzene rings is 1. The molecule has 0 unspecified atom stereocenters. The lowest BCUT2D eigenvalue weighted by Crippen LogP contribution is -2.32. The van der Waals surface area contributed by atoms with Crippen molar-refractivity contribution in [1.29, 1.82) is 0 Å². The molecule has 0 amide bonds. The van der Waals surface area contributed by atoms with E-state index in [-0.39, 0.29) is 0 Å². The lowest BCUT2D eigenvalue weighted by atomic mass is 10.1. The molecule has 0 atom stereocenters. The van der Waals surface area contributed by atoms with E-state index in [0.29, 0.717) is 0 Å². The van der Waals surface area contributed by atoms with Crippen molar-refractivity contribution in [2.75, 3.05) is 0 Å². The van der Waals surface area contributed by atoms with Crippen LogP contribution in [-0.2, 0) is 11.9 Å². The highest BCUT2D eigenvalue weighted by atomic mass is 79.9. The molecule has 0 aliphatic heterocycles. The molecule has 0 aliphatic carbocycles. The van der Waals surface area contributed by atoms with E-state index >= 15 is 0 Å². The molecule has 0 bridgehead atoms. The second kappa shape index (κ2) is 5.08. The fourth-order valence-corrected chi connectivity index (χ4v) is 1.86. The minimum Gasteiger partial charge on any atom is -0.201 e. The Hall–Kier alpha value is -1.15. The molecular formula is C13H13BrN+. The molecule has 0 N–H and O–H groups in total. The molecule has 2 aromatic rings. The van der Waals surface area contributed by atoms with Crippen molar-refractivity contribution in [3.63, 3.8) is 0 Å². The van der Waals surface area contributed by atoms with Crippen LogP contribution >= 0.6 is 15.9 Å². The Morgan fingerprint density at radius 2 is 1.47 bits per heavy atom. The molecule has 1 aromatic carbocycles. The average molecular weight is 263 g/mol. The summed E-state index contributed by atoms with van der Waals surface area (Å²) in [5.74, 6) is 0. The average Bonchev–Trinajstić information content (AvgIpc) is 2.31. The molecule has 0 spiro atoms. The minimum absolute atomic E-state index is 0.922. The van der Waals surface area contributed by atoms with Gasteiger partial charge in [0.25, 0.3) is 0 Å². The Morgan fingerprint density at radius 1 is 0.867 bits per heavy atom. The highest BCUT2D eigenvalue weighted by Gasteiger charge is 2.00. The van der Waals surface area contributed by atoms with Crippen LogP contribution in [0.2, 0.25) is 0 Å². The highest BCUT2D eigenvalue weighted by Crippen LogP contribution is 2.07. The van der Waals surface area contributed by atoms with E-state index in [9.17, 15) is 0 Å². The number of pyridine rings is 1. The lowest BCUT2D eigenvalue weighted by molar-refractivity contribution is -0.688. The third-order valence-electron chi connectivity index (χ3n) is 2.32. The summed E-state index contributed by atoms with van der Waals surface area (Å²) in [5, 5.41) is 0.922. The zero-order chi connectivity index (χ0) is 10.5. The van der Waals surface area contributed by atoms with Crippen molar-refractivity contribution in [2.24, 2.45) is 0 Å². The molecule has 0 saturated carbocycles. The van der Waals surface area contributed by atoms with Crippen molar-refractivity contribution in [3.8, 4) is 0 Å². The van der Waals surface area contributed by atoms with Crippen molar-refractivity contribution < 1.29 is 4.57 Å². The Balaban J connectivity index is 2.11. The monoisotopic (exact) mass is 262 g/mol. The van der Waals surface area contributed by atoms with Gasteiger partial charge in [0, 0.05) is 23.0 Å². The largest absolute Gasteiger partial charge is 0.201 e. The molecule has 15 heavy (non-hydrogen) atoms. The van der Waals surface area contributed by atoms with Crippen LogP contribution in [0.5, 0.6) is 0 Å². The first kappa shape index (κ1) is 10.4. The van der Waals surface area contributed by atoms with Gasteiger partial charge in [0.05, 0.1) is 0 Å². The predicted molar refractivity (Wildman–Crippen MR) is 64.8 cm³/mol. The van der Waals surface area contributed by atoms with Crippen LogP contribution in [0.3, 0.4) is 0 Å². The summed E-state index contributed by atoms with van der Waals surface area (Å²) in [6, 6.07) is 14.8. The second-order valence-corrected chi connectivity index (χ2v) is 4.06. The van der Waals surface area contributed by atoms with Gasteiger partial charge in [-0.2, -0.15) is 0 Å². The molecule has 0 aliphatic rings. The van der Waals surface area contributed by atoms with E-state index < -0.39 is 0 Å². The maximum Gasteiger partial charge on any atom is 0.173 e. The van der Waals surface area contributed by atoms with Crippen LogP contribution in [-0.4, -0.2) is 0 Å². The smallest absolute Gasteiger partial charge is 0.173 e. The summed E-state index contributed by atoms with van der Waals surface area (Å²) in [6.45, 7) is 0.934. The number of halogens is 1. The molecule has 1 aromatic heterocycles. The van der Waals surface area contributed by atoms with Gasteiger partial charge in [0.2, 0.25) is 0 Å². The van der Waals surface area contributed by atoms with Crippen molar-refractivity contribution >= 4 is 15.9 Å². The van der Waals surface area contributed by atoms with Gasteiger partial charge in [-0.3, -0.25) is 0 Å².